The average molecular weight is 266 g/mol. The lowest BCUT2D eigenvalue weighted by Gasteiger charge is -2.13. The van der Waals surface area contributed by atoms with Gasteiger partial charge in [0.1, 0.15) is 5.75 Å². The van der Waals surface area contributed by atoms with Gasteiger partial charge in [-0.25, -0.2) is 0 Å². The van der Waals surface area contributed by atoms with Gasteiger partial charge in [-0.3, -0.25) is 4.79 Å². The molecule has 106 valence electrons. The first-order valence-corrected chi connectivity index (χ1v) is 6.52. The van der Waals surface area contributed by atoms with Crippen LogP contribution in [0, 0.1) is 0 Å². The van der Waals surface area contributed by atoms with Crippen LogP contribution < -0.4 is 11.1 Å². The fourth-order valence-electron chi connectivity index (χ4n) is 1.68. The maximum Gasteiger partial charge on any atom is 0.237 e. The topological polar surface area (TPSA) is 95.6 Å². The minimum atomic E-state index is -0.622. The molecule has 0 radical (unpaired) electrons. The lowest BCUT2D eigenvalue weighted by molar-refractivity contribution is -0.122. The Bertz CT molecular complexity index is 392. The SMILES string of the molecule is CCC(O)CCNC(=O)C(N)Cc1ccc(O)cc1. The van der Waals surface area contributed by atoms with Gasteiger partial charge in [0.25, 0.3) is 0 Å². The number of amides is 1. The van der Waals surface area contributed by atoms with Crippen molar-refractivity contribution in [1.82, 2.24) is 5.32 Å². The zero-order chi connectivity index (χ0) is 14.3. The number of hydrogen-bond donors (Lipinski definition) is 4. The van der Waals surface area contributed by atoms with Gasteiger partial charge < -0.3 is 21.3 Å². The van der Waals surface area contributed by atoms with Crippen molar-refractivity contribution in [3.63, 3.8) is 0 Å². The number of hydrogen-bond acceptors (Lipinski definition) is 4. The van der Waals surface area contributed by atoms with Crippen molar-refractivity contribution >= 4 is 5.91 Å². The van der Waals surface area contributed by atoms with E-state index >= 15 is 0 Å². The predicted molar refractivity (Wildman–Crippen MR) is 73.7 cm³/mol. The summed E-state index contributed by atoms with van der Waals surface area (Å²) in [7, 11) is 0. The van der Waals surface area contributed by atoms with Crippen molar-refractivity contribution in [2.24, 2.45) is 5.73 Å². The third-order valence-corrected chi connectivity index (χ3v) is 2.98. The van der Waals surface area contributed by atoms with Crippen LogP contribution in [-0.2, 0) is 11.2 Å². The number of rotatable bonds is 7. The number of carbonyl (C=O) groups is 1. The molecule has 0 saturated carbocycles. The van der Waals surface area contributed by atoms with E-state index in [2.05, 4.69) is 5.32 Å². The molecule has 0 heterocycles. The number of carbonyl (C=O) groups excluding carboxylic acids is 1. The Kier molecular flexibility index (Phi) is 6.32. The zero-order valence-electron chi connectivity index (χ0n) is 11.2. The molecule has 5 nitrogen and oxygen atoms in total. The highest BCUT2D eigenvalue weighted by atomic mass is 16.3. The van der Waals surface area contributed by atoms with E-state index in [4.69, 9.17) is 10.8 Å². The number of nitrogens with one attached hydrogen (secondary N) is 1. The smallest absolute Gasteiger partial charge is 0.237 e. The van der Waals surface area contributed by atoms with Gasteiger partial charge in [-0.05, 0) is 37.0 Å². The summed E-state index contributed by atoms with van der Waals surface area (Å²) in [6, 6.07) is 5.99. The molecule has 1 aromatic rings. The summed E-state index contributed by atoms with van der Waals surface area (Å²) in [4.78, 5) is 11.7. The van der Waals surface area contributed by atoms with Gasteiger partial charge >= 0.3 is 0 Å². The van der Waals surface area contributed by atoms with E-state index in [0.717, 1.165) is 5.56 Å². The highest BCUT2D eigenvalue weighted by molar-refractivity contribution is 5.81. The molecule has 0 bridgehead atoms. The van der Waals surface area contributed by atoms with Gasteiger partial charge in [-0.15, -0.1) is 0 Å². The molecule has 1 rings (SSSR count). The number of aliphatic hydroxyl groups excluding tert-OH is 1. The second-order valence-electron chi connectivity index (χ2n) is 4.62. The molecular weight excluding hydrogens is 244 g/mol. The Balaban J connectivity index is 2.34. The summed E-state index contributed by atoms with van der Waals surface area (Å²) < 4.78 is 0. The second-order valence-corrected chi connectivity index (χ2v) is 4.62. The summed E-state index contributed by atoms with van der Waals surface area (Å²) in [5, 5.41) is 21.2. The fraction of sp³-hybridized carbons (Fsp3) is 0.500. The Hall–Kier alpha value is -1.59. The van der Waals surface area contributed by atoms with Gasteiger partial charge in [-0.2, -0.15) is 0 Å². The van der Waals surface area contributed by atoms with Crippen LogP contribution >= 0.6 is 0 Å². The molecule has 0 aromatic heterocycles. The predicted octanol–water partition coefficient (Wildman–Crippen LogP) is 0.539. The van der Waals surface area contributed by atoms with E-state index in [1.165, 1.54) is 0 Å². The lowest BCUT2D eigenvalue weighted by Crippen LogP contribution is -2.42. The summed E-state index contributed by atoms with van der Waals surface area (Å²) in [6.07, 6.45) is 1.25. The monoisotopic (exact) mass is 266 g/mol. The normalized spacial score (nSPS) is 13.8. The van der Waals surface area contributed by atoms with Crippen molar-refractivity contribution in [3.05, 3.63) is 29.8 Å². The van der Waals surface area contributed by atoms with Crippen LogP contribution in [0.5, 0.6) is 5.75 Å². The van der Waals surface area contributed by atoms with Crippen LogP contribution in [0.25, 0.3) is 0 Å². The Labute approximate surface area is 113 Å². The van der Waals surface area contributed by atoms with Crippen molar-refractivity contribution < 1.29 is 15.0 Å². The summed E-state index contributed by atoms with van der Waals surface area (Å²) in [5.74, 6) is -0.0355. The minimum absolute atomic E-state index is 0.190. The van der Waals surface area contributed by atoms with E-state index in [0.29, 0.717) is 25.8 Å². The fourth-order valence-corrected chi connectivity index (χ4v) is 1.68. The molecule has 1 amide bonds. The van der Waals surface area contributed by atoms with E-state index < -0.39 is 6.04 Å². The quantitative estimate of drug-likeness (QED) is 0.579. The number of phenolic OH excluding ortho intramolecular Hbond substituents is 1. The van der Waals surface area contributed by atoms with E-state index in [1.807, 2.05) is 6.92 Å². The molecule has 0 spiro atoms. The van der Waals surface area contributed by atoms with E-state index in [1.54, 1.807) is 24.3 Å². The van der Waals surface area contributed by atoms with Crippen LogP contribution in [0.1, 0.15) is 25.3 Å². The molecule has 5 N–H and O–H groups in total. The van der Waals surface area contributed by atoms with Crippen LogP contribution in [-0.4, -0.2) is 34.8 Å². The highest BCUT2D eigenvalue weighted by Crippen LogP contribution is 2.10. The molecule has 19 heavy (non-hydrogen) atoms. The van der Waals surface area contributed by atoms with Gasteiger partial charge in [0.15, 0.2) is 0 Å². The standard InChI is InChI=1S/C14H22N2O3/c1-2-11(17)7-8-16-14(19)13(15)9-10-3-5-12(18)6-4-10/h3-6,11,13,17-18H,2,7-9,15H2,1H3,(H,16,19). The number of nitrogens with two attached hydrogens (primary N) is 1. The lowest BCUT2D eigenvalue weighted by atomic mass is 10.1. The summed E-state index contributed by atoms with van der Waals surface area (Å²) in [5.41, 5.74) is 6.70. The number of aromatic hydroxyl groups is 1. The molecule has 2 atom stereocenters. The van der Waals surface area contributed by atoms with Crippen LogP contribution in [0.4, 0.5) is 0 Å². The molecule has 2 unspecified atom stereocenters. The molecule has 0 fully saturated rings. The molecule has 0 aliphatic rings. The second kappa shape index (κ2) is 7.76. The zero-order valence-corrected chi connectivity index (χ0v) is 11.2. The number of benzene rings is 1. The van der Waals surface area contributed by atoms with E-state index in [-0.39, 0.29) is 17.8 Å². The van der Waals surface area contributed by atoms with Crippen molar-refractivity contribution in [2.75, 3.05) is 6.54 Å². The Morgan fingerprint density at radius 2 is 2.00 bits per heavy atom. The highest BCUT2D eigenvalue weighted by Gasteiger charge is 2.14. The maximum absolute atomic E-state index is 11.7. The van der Waals surface area contributed by atoms with Crippen molar-refractivity contribution in [2.45, 2.75) is 38.3 Å². The summed E-state index contributed by atoms with van der Waals surface area (Å²) >= 11 is 0. The first kappa shape index (κ1) is 15.5. The molecular formula is C14H22N2O3. The molecule has 0 aliphatic carbocycles. The van der Waals surface area contributed by atoms with Gasteiger partial charge in [-0.1, -0.05) is 19.1 Å². The Morgan fingerprint density at radius 1 is 1.37 bits per heavy atom. The first-order valence-electron chi connectivity index (χ1n) is 6.52. The van der Waals surface area contributed by atoms with Gasteiger partial charge in [0, 0.05) is 6.54 Å². The first-order chi connectivity index (χ1) is 9.02. The Morgan fingerprint density at radius 3 is 2.58 bits per heavy atom. The van der Waals surface area contributed by atoms with Crippen molar-refractivity contribution in [3.8, 4) is 5.75 Å². The molecule has 0 aliphatic heterocycles. The largest absolute Gasteiger partial charge is 0.508 e. The minimum Gasteiger partial charge on any atom is -0.508 e. The van der Waals surface area contributed by atoms with E-state index in [9.17, 15) is 9.90 Å². The van der Waals surface area contributed by atoms with Crippen LogP contribution in [0.15, 0.2) is 24.3 Å². The maximum atomic E-state index is 11.7. The molecule has 0 saturated heterocycles. The van der Waals surface area contributed by atoms with Crippen molar-refractivity contribution in [1.29, 1.82) is 0 Å². The van der Waals surface area contributed by atoms with Crippen LogP contribution in [0.3, 0.4) is 0 Å². The number of phenols is 1. The third-order valence-electron chi connectivity index (χ3n) is 2.98. The average Bonchev–Trinajstić information content (AvgIpc) is 2.40. The van der Waals surface area contributed by atoms with Crippen LogP contribution in [0.2, 0.25) is 0 Å². The number of aliphatic hydroxyl groups is 1. The molecule has 1 aromatic carbocycles. The van der Waals surface area contributed by atoms with Gasteiger partial charge in [0.2, 0.25) is 5.91 Å². The molecule has 5 heteroatoms. The van der Waals surface area contributed by atoms with Gasteiger partial charge in [0.05, 0.1) is 12.1 Å². The third kappa shape index (κ3) is 5.72. The summed E-state index contributed by atoms with van der Waals surface area (Å²) in [6.45, 7) is 2.32.